The molecule has 82 valence electrons. The van der Waals surface area contributed by atoms with Gasteiger partial charge in [-0.1, -0.05) is 35.5 Å². The Hall–Kier alpha value is -1.62. The minimum atomic E-state index is -1.97. The minimum absolute atomic E-state index is 0.0191. The van der Waals surface area contributed by atoms with Crippen LogP contribution in [0.5, 0.6) is 0 Å². The van der Waals surface area contributed by atoms with Crippen molar-refractivity contribution >= 4 is 17.9 Å². The van der Waals surface area contributed by atoms with Crippen LogP contribution in [0.1, 0.15) is 5.56 Å². The van der Waals surface area contributed by atoms with Gasteiger partial charge in [-0.25, -0.2) is 0 Å². The summed E-state index contributed by atoms with van der Waals surface area (Å²) in [6, 6.07) is 10.1. The van der Waals surface area contributed by atoms with Gasteiger partial charge in [0.25, 0.3) is 4.87 Å². The van der Waals surface area contributed by atoms with Crippen LogP contribution in [0.2, 0.25) is 0 Å². The number of nitrogens with zero attached hydrogens (tertiary/aromatic N) is 3. The highest BCUT2D eigenvalue weighted by Gasteiger charge is 2.52. The van der Waals surface area contributed by atoms with Gasteiger partial charge in [0.2, 0.25) is 0 Å². The van der Waals surface area contributed by atoms with E-state index in [1.807, 2.05) is 0 Å². The molecule has 1 atom stereocenters. The Kier molecular flexibility index (Phi) is 2.78. The van der Waals surface area contributed by atoms with E-state index in [9.17, 15) is 9.09 Å². The van der Waals surface area contributed by atoms with Gasteiger partial charge in [0.15, 0.2) is 0 Å². The zero-order chi connectivity index (χ0) is 11.6. The van der Waals surface area contributed by atoms with Crippen molar-refractivity contribution in [1.29, 1.82) is 5.26 Å². The molecule has 0 radical (unpaired) electrons. The molecule has 0 saturated carbocycles. The van der Waals surface area contributed by atoms with E-state index in [1.54, 1.807) is 36.4 Å². The van der Waals surface area contributed by atoms with Gasteiger partial charge in [0, 0.05) is 10.8 Å². The summed E-state index contributed by atoms with van der Waals surface area (Å²) < 4.78 is 12.9. The van der Waals surface area contributed by atoms with Crippen molar-refractivity contribution in [3.05, 3.63) is 35.9 Å². The normalized spacial score (nSPS) is 24.7. The summed E-state index contributed by atoms with van der Waals surface area (Å²) in [5.74, 6) is 0. The van der Waals surface area contributed by atoms with Gasteiger partial charge in [0.1, 0.15) is 11.8 Å². The molecule has 1 aromatic carbocycles. The highest BCUT2D eigenvalue weighted by molar-refractivity contribution is 7.96. The monoisotopic (exact) mass is 239 g/mol. The predicted octanol–water partition coefficient (Wildman–Crippen LogP) is 1.86. The second-order valence-corrected chi connectivity index (χ2v) is 3.74. The van der Waals surface area contributed by atoms with Gasteiger partial charge in [-0.15, -0.1) is 0 Å². The molecule has 0 spiro atoms. The van der Waals surface area contributed by atoms with E-state index in [1.165, 1.54) is 0 Å². The van der Waals surface area contributed by atoms with Gasteiger partial charge in [-0.3, -0.25) is 10.1 Å². The quantitative estimate of drug-likeness (QED) is 0.853. The second kappa shape index (κ2) is 4.09. The lowest BCUT2D eigenvalue weighted by atomic mass is 10.0. The lowest BCUT2D eigenvalue weighted by Crippen LogP contribution is -2.43. The van der Waals surface area contributed by atoms with E-state index in [0.29, 0.717) is 5.56 Å². The maximum absolute atomic E-state index is 12.9. The van der Waals surface area contributed by atoms with Crippen LogP contribution in [-0.2, 0) is 4.94 Å². The maximum Gasteiger partial charge on any atom is 0.293 e. The molecule has 1 aliphatic rings. The first-order valence-electron chi connectivity index (χ1n) is 4.26. The molecule has 16 heavy (non-hydrogen) atoms. The Morgan fingerprint density at radius 1 is 1.50 bits per heavy atom. The van der Waals surface area contributed by atoms with Crippen molar-refractivity contribution in [2.24, 2.45) is 5.16 Å². The van der Waals surface area contributed by atoms with Crippen LogP contribution >= 0.6 is 12.1 Å². The molecule has 1 N–H and O–H groups in total. The van der Waals surface area contributed by atoms with E-state index < -0.39 is 4.87 Å². The van der Waals surface area contributed by atoms with E-state index in [2.05, 4.69) is 10.1 Å². The Morgan fingerprint density at radius 3 is 2.75 bits per heavy atom. The van der Waals surface area contributed by atoms with Gasteiger partial charge in [-0.2, -0.15) is 9.15 Å². The molecule has 1 unspecified atom stereocenters. The van der Waals surface area contributed by atoms with Crippen molar-refractivity contribution in [2.45, 2.75) is 4.87 Å². The molecule has 2 rings (SSSR count). The van der Waals surface area contributed by atoms with Crippen LogP contribution in [0.3, 0.4) is 0 Å². The van der Waals surface area contributed by atoms with E-state index in [-0.39, 0.29) is 23.1 Å². The smallest absolute Gasteiger partial charge is 0.276 e. The third kappa shape index (κ3) is 1.44. The van der Waals surface area contributed by atoms with Crippen LogP contribution < -0.4 is 0 Å². The molecule has 0 fully saturated rings. The minimum Gasteiger partial charge on any atom is -0.276 e. The Morgan fingerprint density at radius 2 is 2.19 bits per heavy atom. The zero-order valence-corrected chi connectivity index (χ0v) is 8.69. The number of hydrogen-bond acceptors (Lipinski definition) is 6. The Balaban J connectivity index is 2.47. The van der Waals surface area contributed by atoms with Crippen LogP contribution in [0.4, 0.5) is 3.89 Å². The SMILES string of the molecule is N#CC1(SF)C(c2ccccc2)=NON1O. The molecular weight excluding hydrogens is 233 g/mol. The molecule has 0 aromatic heterocycles. The third-order valence-corrected chi connectivity index (χ3v) is 2.77. The summed E-state index contributed by atoms with van der Waals surface area (Å²) in [7, 11) is 0. The predicted molar refractivity (Wildman–Crippen MR) is 54.7 cm³/mol. The molecule has 0 aliphatic carbocycles. The fourth-order valence-electron chi connectivity index (χ4n) is 1.31. The average Bonchev–Trinajstić information content (AvgIpc) is 2.68. The Labute approximate surface area is 94.9 Å². The van der Waals surface area contributed by atoms with E-state index >= 15 is 0 Å². The summed E-state index contributed by atoms with van der Waals surface area (Å²) in [6.07, 6.45) is 0. The van der Waals surface area contributed by atoms with Crippen molar-refractivity contribution < 1.29 is 14.0 Å². The van der Waals surface area contributed by atoms with Gasteiger partial charge in [-0.05, 0) is 0 Å². The summed E-state index contributed by atoms with van der Waals surface area (Å²) in [5.41, 5.74) is 0.524. The van der Waals surface area contributed by atoms with Gasteiger partial charge >= 0.3 is 0 Å². The third-order valence-electron chi connectivity index (χ3n) is 2.11. The average molecular weight is 239 g/mol. The highest BCUT2D eigenvalue weighted by atomic mass is 32.2. The molecule has 0 amide bonds. The molecule has 7 heteroatoms. The number of halogens is 1. The number of hydrogen-bond donors (Lipinski definition) is 1. The summed E-state index contributed by atoms with van der Waals surface area (Å²) in [5, 5.41) is 21.8. The van der Waals surface area contributed by atoms with Crippen LogP contribution in [-0.4, -0.2) is 21.0 Å². The molecular formula is C9H6FN3O2S. The van der Waals surface area contributed by atoms with E-state index in [4.69, 9.17) is 5.26 Å². The molecule has 1 aromatic rings. The fraction of sp³-hybridized carbons (Fsp3) is 0.111. The Bertz CT molecular complexity index is 462. The number of nitriles is 1. The molecule has 1 aliphatic heterocycles. The second-order valence-electron chi connectivity index (χ2n) is 2.99. The number of oxime groups is 1. The lowest BCUT2D eigenvalue weighted by Gasteiger charge is -2.19. The summed E-state index contributed by atoms with van der Waals surface area (Å²) >= 11 is -0.350. The first-order chi connectivity index (χ1) is 7.74. The van der Waals surface area contributed by atoms with Crippen LogP contribution in [0, 0.1) is 11.3 Å². The van der Waals surface area contributed by atoms with E-state index in [0.717, 1.165) is 0 Å². The van der Waals surface area contributed by atoms with Crippen LogP contribution in [0.15, 0.2) is 35.5 Å². The zero-order valence-electron chi connectivity index (χ0n) is 7.87. The highest BCUT2D eigenvalue weighted by Crippen LogP contribution is 2.37. The van der Waals surface area contributed by atoms with Crippen molar-refractivity contribution in [1.82, 2.24) is 5.23 Å². The topological polar surface area (TPSA) is 68.8 Å². The molecule has 1 heterocycles. The molecule has 5 nitrogen and oxygen atoms in total. The molecule has 0 saturated heterocycles. The standard InChI is InChI=1S/C9H6FN3O2S/c10-16-9(6-11)8(12-15-13(9)14)7-4-2-1-3-5-7/h1-5,14H. The summed E-state index contributed by atoms with van der Waals surface area (Å²) in [4.78, 5) is 2.44. The van der Waals surface area contributed by atoms with Crippen molar-refractivity contribution in [3.8, 4) is 6.07 Å². The number of hydroxylamine groups is 2. The van der Waals surface area contributed by atoms with Gasteiger partial charge in [0.05, 0.1) is 12.1 Å². The fourth-order valence-corrected chi connectivity index (χ4v) is 1.67. The lowest BCUT2D eigenvalue weighted by molar-refractivity contribution is -0.338. The first kappa shape index (κ1) is 10.9. The number of benzene rings is 1. The maximum atomic E-state index is 12.9. The largest absolute Gasteiger partial charge is 0.293 e. The van der Waals surface area contributed by atoms with Crippen LogP contribution in [0.25, 0.3) is 0 Å². The first-order valence-corrected chi connectivity index (χ1v) is 4.97. The number of rotatable bonds is 2. The molecule has 0 bridgehead atoms. The van der Waals surface area contributed by atoms with Crippen molar-refractivity contribution in [3.63, 3.8) is 0 Å². The van der Waals surface area contributed by atoms with Gasteiger partial charge < -0.3 is 0 Å². The van der Waals surface area contributed by atoms with Crippen molar-refractivity contribution in [2.75, 3.05) is 0 Å². The summed E-state index contributed by atoms with van der Waals surface area (Å²) in [6.45, 7) is 0.